The number of nitrogens with zero attached hydrogens (tertiary/aromatic N) is 1. The molecule has 0 unspecified atom stereocenters. The second kappa shape index (κ2) is 6.83. The van der Waals surface area contributed by atoms with Gasteiger partial charge in [-0.1, -0.05) is 31.4 Å². The minimum absolute atomic E-state index is 0.419. The zero-order chi connectivity index (χ0) is 14.6. The molecule has 0 aromatic heterocycles. The molecule has 1 aromatic carbocycles. The summed E-state index contributed by atoms with van der Waals surface area (Å²) in [4.78, 5) is 0. The van der Waals surface area contributed by atoms with E-state index < -0.39 is 5.54 Å². The van der Waals surface area contributed by atoms with Crippen LogP contribution < -0.4 is 5.32 Å². The number of hydrogen-bond donors (Lipinski definition) is 1. The zero-order valence-electron chi connectivity index (χ0n) is 11.8. The van der Waals surface area contributed by atoms with Crippen molar-refractivity contribution in [2.75, 3.05) is 5.32 Å². The fourth-order valence-electron chi connectivity index (χ4n) is 2.98. The van der Waals surface area contributed by atoms with E-state index in [0.717, 1.165) is 41.8 Å². The van der Waals surface area contributed by atoms with Gasteiger partial charge in [0.15, 0.2) is 0 Å². The average Bonchev–Trinajstić information content (AvgIpc) is 2.46. The molecule has 1 fully saturated rings. The molecule has 4 heteroatoms. The first-order valence-electron chi connectivity index (χ1n) is 7.23. The maximum atomic E-state index is 9.59. The highest BCUT2D eigenvalue weighted by atomic mass is 79.9. The summed E-state index contributed by atoms with van der Waals surface area (Å²) in [6.45, 7) is 2.23. The van der Waals surface area contributed by atoms with Crippen LogP contribution in [0, 0.1) is 17.2 Å². The van der Waals surface area contributed by atoms with Gasteiger partial charge in [-0.3, -0.25) is 0 Å². The van der Waals surface area contributed by atoms with E-state index in [9.17, 15) is 5.26 Å². The van der Waals surface area contributed by atoms with E-state index in [1.54, 1.807) is 0 Å². The van der Waals surface area contributed by atoms with Crippen LogP contribution in [-0.4, -0.2) is 5.54 Å². The summed E-state index contributed by atoms with van der Waals surface area (Å²) in [5, 5.41) is 13.7. The van der Waals surface area contributed by atoms with Crippen molar-refractivity contribution in [1.29, 1.82) is 5.26 Å². The Labute approximate surface area is 134 Å². The van der Waals surface area contributed by atoms with E-state index >= 15 is 0 Å². The normalized spacial score (nSPS) is 26.0. The fourth-order valence-corrected chi connectivity index (χ4v) is 3.48. The summed E-state index contributed by atoms with van der Waals surface area (Å²) in [6, 6.07) is 8.23. The number of hydrogen-bond acceptors (Lipinski definition) is 2. The highest BCUT2D eigenvalue weighted by Gasteiger charge is 2.35. The maximum Gasteiger partial charge on any atom is 0.125 e. The van der Waals surface area contributed by atoms with Gasteiger partial charge in [-0.05, 0) is 65.7 Å². The van der Waals surface area contributed by atoms with Crippen molar-refractivity contribution in [1.82, 2.24) is 0 Å². The molecule has 108 valence electrons. The van der Waals surface area contributed by atoms with Crippen LogP contribution in [0.25, 0.3) is 0 Å². The van der Waals surface area contributed by atoms with Gasteiger partial charge in [0.25, 0.3) is 0 Å². The summed E-state index contributed by atoms with van der Waals surface area (Å²) in [5.41, 5.74) is 0.536. The molecule has 1 N–H and O–H groups in total. The molecule has 0 heterocycles. The number of rotatable bonds is 4. The summed E-state index contributed by atoms with van der Waals surface area (Å²) >= 11 is 9.43. The lowest BCUT2D eigenvalue weighted by Crippen LogP contribution is -2.40. The third kappa shape index (κ3) is 3.68. The van der Waals surface area contributed by atoms with Crippen molar-refractivity contribution in [3.8, 4) is 6.07 Å². The Bertz CT molecular complexity index is 502. The van der Waals surface area contributed by atoms with Crippen LogP contribution in [0.1, 0.15) is 45.4 Å². The number of halogens is 2. The third-order valence-electron chi connectivity index (χ3n) is 4.17. The van der Waals surface area contributed by atoms with Gasteiger partial charge >= 0.3 is 0 Å². The molecular formula is C16H20BrClN2. The van der Waals surface area contributed by atoms with E-state index in [0.29, 0.717) is 5.02 Å². The minimum Gasteiger partial charge on any atom is -0.367 e. The van der Waals surface area contributed by atoms with Gasteiger partial charge in [-0.25, -0.2) is 0 Å². The standard InChI is InChI=1S/C16H20BrClN2/c1-2-3-12-6-8-16(11-19,9-7-12)20-13-4-5-15(18)14(17)10-13/h4-5,10,12,20H,2-3,6-9H2,1H3. The van der Waals surface area contributed by atoms with Crippen LogP contribution in [0.3, 0.4) is 0 Å². The predicted molar refractivity (Wildman–Crippen MR) is 88.0 cm³/mol. The third-order valence-corrected chi connectivity index (χ3v) is 5.39. The smallest absolute Gasteiger partial charge is 0.125 e. The lowest BCUT2D eigenvalue weighted by Gasteiger charge is -2.36. The highest BCUT2D eigenvalue weighted by Crippen LogP contribution is 2.37. The molecule has 0 amide bonds. The van der Waals surface area contributed by atoms with Gasteiger partial charge in [-0.15, -0.1) is 0 Å². The van der Waals surface area contributed by atoms with Crippen molar-refractivity contribution in [2.45, 2.75) is 51.0 Å². The van der Waals surface area contributed by atoms with Crippen molar-refractivity contribution in [3.63, 3.8) is 0 Å². The summed E-state index contributed by atoms with van der Waals surface area (Å²) < 4.78 is 0.858. The first-order chi connectivity index (χ1) is 9.58. The molecule has 1 aliphatic rings. The number of anilines is 1. The molecule has 1 aromatic rings. The SMILES string of the molecule is CCCC1CCC(C#N)(Nc2ccc(Cl)c(Br)c2)CC1. The Morgan fingerprint density at radius 1 is 1.45 bits per heavy atom. The number of benzene rings is 1. The Kier molecular flexibility index (Phi) is 5.35. The molecule has 1 aliphatic carbocycles. The molecule has 0 spiro atoms. The van der Waals surface area contributed by atoms with Crippen molar-refractivity contribution in [2.24, 2.45) is 5.92 Å². The van der Waals surface area contributed by atoms with Crippen molar-refractivity contribution < 1.29 is 0 Å². The van der Waals surface area contributed by atoms with Gasteiger partial charge in [0, 0.05) is 10.2 Å². The monoisotopic (exact) mass is 354 g/mol. The lowest BCUT2D eigenvalue weighted by atomic mass is 9.75. The predicted octanol–water partition coefficient (Wildman–Crippen LogP) is 5.77. The van der Waals surface area contributed by atoms with E-state index in [1.807, 2.05) is 18.2 Å². The second-order valence-corrected chi connectivity index (χ2v) is 6.94. The van der Waals surface area contributed by atoms with Crippen LogP contribution in [0.4, 0.5) is 5.69 Å². The molecule has 1 saturated carbocycles. The molecule has 2 rings (SSSR count). The van der Waals surface area contributed by atoms with Crippen LogP contribution in [0.5, 0.6) is 0 Å². The molecule has 0 saturated heterocycles. The summed E-state index contributed by atoms with van der Waals surface area (Å²) in [6.07, 6.45) is 6.66. The summed E-state index contributed by atoms with van der Waals surface area (Å²) in [5.74, 6) is 0.792. The Hall–Kier alpha value is -0.720. The topological polar surface area (TPSA) is 35.8 Å². The van der Waals surface area contributed by atoms with Crippen molar-refractivity contribution >= 4 is 33.2 Å². The molecular weight excluding hydrogens is 336 g/mol. The first-order valence-corrected chi connectivity index (χ1v) is 8.40. The van der Waals surface area contributed by atoms with Crippen LogP contribution in [0.15, 0.2) is 22.7 Å². The largest absolute Gasteiger partial charge is 0.367 e. The van der Waals surface area contributed by atoms with Gasteiger partial charge in [0.2, 0.25) is 0 Å². The quantitative estimate of drug-likeness (QED) is 0.744. The fraction of sp³-hybridized carbons (Fsp3) is 0.562. The van der Waals surface area contributed by atoms with Crippen LogP contribution in [0.2, 0.25) is 5.02 Å². The molecule has 2 nitrogen and oxygen atoms in total. The Morgan fingerprint density at radius 3 is 2.70 bits per heavy atom. The van der Waals surface area contributed by atoms with E-state index in [1.165, 1.54) is 12.8 Å². The van der Waals surface area contributed by atoms with E-state index in [2.05, 4.69) is 34.2 Å². The number of nitriles is 1. The lowest BCUT2D eigenvalue weighted by molar-refractivity contribution is 0.282. The van der Waals surface area contributed by atoms with Gasteiger partial charge in [0.05, 0.1) is 11.1 Å². The van der Waals surface area contributed by atoms with Crippen LogP contribution in [-0.2, 0) is 0 Å². The molecule has 0 atom stereocenters. The van der Waals surface area contributed by atoms with E-state index in [-0.39, 0.29) is 0 Å². The maximum absolute atomic E-state index is 9.59. The van der Waals surface area contributed by atoms with Crippen LogP contribution >= 0.6 is 27.5 Å². The van der Waals surface area contributed by atoms with Gasteiger partial charge in [-0.2, -0.15) is 5.26 Å². The van der Waals surface area contributed by atoms with E-state index in [4.69, 9.17) is 11.6 Å². The van der Waals surface area contributed by atoms with Gasteiger partial charge < -0.3 is 5.32 Å². The zero-order valence-corrected chi connectivity index (χ0v) is 14.1. The number of nitrogens with one attached hydrogen (secondary N) is 1. The molecule has 0 aliphatic heterocycles. The minimum atomic E-state index is -0.419. The summed E-state index contributed by atoms with van der Waals surface area (Å²) in [7, 11) is 0. The first kappa shape index (κ1) is 15.7. The Morgan fingerprint density at radius 2 is 2.15 bits per heavy atom. The van der Waals surface area contributed by atoms with Crippen molar-refractivity contribution in [3.05, 3.63) is 27.7 Å². The second-order valence-electron chi connectivity index (χ2n) is 5.68. The highest BCUT2D eigenvalue weighted by molar-refractivity contribution is 9.10. The average molecular weight is 356 g/mol. The molecule has 20 heavy (non-hydrogen) atoms. The Balaban J connectivity index is 2.06. The molecule has 0 bridgehead atoms. The van der Waals surface area contributed by atoms with Gasteiger partial charge in [0.1, 0.15) is 5.54 Å². The molecule has 0 radical (unpaired) electrons.